The topological polar surface area (TPSA) is 35.2 Å². The molecule has 0 amide bonds. The van der Waals surface area contributed by atoms with Crippen LogP contribution < -0.4 is 10.5 Å². The van der Waals surface area contributed by atoms with E-state index < -0.39 is 0 Å². The van der Waals surface area contributed by atoms with Crippen molar-refractivity contribution in [2.24, 2.45) is 5.73 Å². The minimum absolute atomic E-state index is 0.0799. The molecule has 0 aromatic heterocycles. The van der Waals surface area contributed by atoms with E-state index in [0.29, 0.717) is 10.2 Å². The molecule has 0 spiro atoms. The third-order valence-corrected chi connectivity index (χ3v) is 2.84. The highest BCUT2D eigenvalue weighted by molar-refractivity contribution is 9.10. The van der Waals surface area contributed by atoms with Crippen molar-refractivity contribution < 1.29 is 9.13 Å². The molecule has 0 fully saturated rings. The summed E-state index contributed by atoms with van der Waals surface area (Å²) in [5.41, 5.74) is 6.70. The monoisotopic (exact) mass is 245 g/mol. The molecule has 1 aliphatic rings. The van der Waals surface area contributed by atoms with E-state index in [-0.39, 0.29) is 18.0 Å². The van der Waals surface area contributed by atoms with Gasteiger partial charge in [-0.25, -0.2) is 4.39 Å². The molecule has 1 aliphatic heterocycles. The number of hydrogen-bond acceptors (Lipinski definition) is 2. The average Bonchev–Trinajstić information content (AvgIpc) is 2.32. The van der Waals surface area contributed by atoms with E-state index in [0.717, 1.165) is 5.56 Å². The number of ether oxygens (including phenoxy) is 1. The first kappa shape index (κ1) is 8.97. The van der Waals surface area contributed by atoms with Crippen LogP contribution in [0, 0.1) is 5.82 Å². The zero-order valence-electron chi connectivity index (χ0n) is 7.05. The Balaban J connectivity index is 2.53. The van der Waals surface area contributed by atoms with Crippen LogP contribution in [0.3, 0.4) is 0 Å². The maximum atomic E-state index is 13.1. The molecule has 70 valence electrons. The number of halogens is 2. The van der Waals surface area contributed by atoms with E-state index in [1.165, 1.54) is 6.07 Å². The van der Waals surface area contributed by atoms with Crippen LogP contribution in [0.4, 0.5) is 4.39 Å². The summed E-state index contributed by atoms with van der Waals surface area (Å²) >= 11 is 3.11. The fraction of sp³-hybridized carbons (Fsp3) is 0.333. The Kier molecular flexibility index (Phi) is 2.04. The van der Waals surface area contributed by atoms with Gasteiger partial charge >= 0.3 is 0 Å². The molecule has 0 bridgehead atoms. The van der Waals surface area contributed by atoms with Crippen molar-refractivity contribution in [3.8, 4) is 5.75 Å². The van der Waals surface area contributed by atoms with Gasteiger partial charge in [0.05, 0.1) is 10.5 Å². The standard InChI is InChI=1S/C9H9BrFNO/c1-4-9(12)5-2-6(10)7(11)3-8(5)13-4/h2-4,9H,12H2,1H3. The minimum Gasteiger partial charge on any atom is -0.488 e. The molecular weight excluding hydrogens is 237 g/mol. The van der Waals surface area contributed by atoms with Gasteiger partial charge in [-0.1, -0.05) is 0 Å². The van der Waals surface area contributed by atoms with Crippen LogP contribution in [0.15, 0.2) is 16.6 Å². The summed E-state index contributed by atoms with van der Waals surface area (Å²) < 4.78 is 18.9. The summed E-state index contributed by atoms with van der Waals surface area (Å²) in [5, 5.41) is 0. The number of nitrogens with two attached hydrogens (primary N) is 1. The van der Waals surface area contributed by atoms with Gasteiger partial charge in [0.25, 0.3) is 0 Å². The van der Waals surface area contributed by atoms with Gasteiger partial charge in [0.2, 0.25) is 0 Å². The Morgan fingerprint density at radius 2 is 2.23 bits per heavy atom. The second-order valence-electron chi connectivity index (χ2n) is 3.15. The van der Waals surface area contributed by atoms with Crippen molar-refractivity contribution in [2.45, 2.75) is 19.1 Å². The van der Waals surface area contributed by atoms with Crippen molar-refractivity contribution >= 4 is 15.9 Å². The van der Waals surface area contributed by atoms with E-state index in [1.807, 2.05) is 6.92 Å². The summed E-state index contributed by atoms with van der Waals surface area (Å²) in [5.74, 6) is 0.237. The number of benzene rings is 1. The van der Waals surface area contributed by atoms with Gasteiger partial charge in [0.15, 0.2) is 0 Å². The van der Waals surface area contributed by atoms with Crippen molar-refractivity contribution in [3.05, 3.63) is 28.0 Å². The van der Waals surface area contributed by atoms with Crippen LogP contribution in [-0.4, -0.2) is 6.10 Å². The fourth-order valence-electron chi connectivity index (χ4n) is 1.43. The third-order valence-electron chi connectivity index (χ3n) is 2.23. The van der Waals surface area contributed by atoms with Crippen molar-refractivity contribution in [3.63, 3.8) is 0 Å². The summed E-state index contributed by atoms with van der Waals surface area (Å²) in [6, 6.07) is 2.88. The Hall–Kier alpha value is -0.610. The summed E-state index contributed by atoms with van der Waals surface area (Å²) in [6.07, 6.45) is -0.0799. The largest absolute Gasteiger partial charge is 0.488 e. The van der Waals surface area contributed by atoms with Crippen molar-refractivity contribution in [1.82, 2.24) is 0 Å². The van der Waals surface area contributed by atoms with Gasteiger partial charge in [-0.2, -0.15) is 0 Å². The highest BCUT2D eigenvalue weighted by Crippen LogP contribution is 2.37. The molecule has 0 aliphatic carbocycles. The van der Waals surface area contributed by atoms with Crippen LogP contribution in [0.25, 0.3) is 0 Å². The predicted molar refractivity (Wildman–Crippen MR) is 51.1 cm³/mol. The molecule has 1 heterocycles. The molecule has 2 N–H and O–H groups in total. The van der Waals surface area contributed by atoms with Gasteiger partial charge in [0.1, 0.15) is 17.7 Å². The van der Waals surface area contributed by atoms with Crippen LogP contribution in [0.5, 0.6) is 5.75 Å². The minimum atomic E-state index is -0.319. The third kappa shape index (κ3) is 1.34. The van der Waals surface area contributed by atoms with Gasteiger partial charge in [-0.3, -0.25) is 0 Å². The normalized spacial score (nSPS) is 25.5. The maximum absolute atomic E-state index is 13.1. The van der Waals surface area contributed by atoms with E-state index in [4.69, 9.17) is 10.5 Å². The van der Waals surface area contributed by atoms with Gasteiger partial charge in [-0.05, 0) is 28.9 Å². The van der Waals surface area contributed by atoms with E-state index in [2.05, 4.69) is 15.9 Å². The zero-order valence-corrected chi connectivity index (χ0v) is 8.64. The second kappa shape index (κ2) is 2.96. The first-order valence-electron chi connectivity index (χ1n) is 4.01. The first-order chi connectivity index (χ1) is 6.09. The Labute approximate surface area is 84.0 Å². The van der Waals surface area contributed by atoms with Gasteiger partial charge < -0.3 is 10.5 Å². The predicted octanol–water partition coefficient (Wildman–Crippen LogP) is 2.37. The lowest BCUT2D eigenvalue weighted by atomic mass is 10.1. The molecule has 1 aromatic carbocycles. The highest BCUT2D eigenvalue weighted by Gasteiger charge is 2.28. The molecule has 2 unspecified atom stereocenters. The lowest BCUT2D eigenvalue weighted by molar-refractivity contribution is 0.228. The average molecular weight is 246 g/mol. The van der Waals surface area contributed by atoms with Gasteiger partial charge in [-0.15, -0.1) is 0 Å². The molecule has 2 nitrogen and oxygen atoms in total. The van der Waals surface area contributed by atoms with E-state index in [1.54, 1.807) is 6.07 Å². The fourth-order valence-corrected chi connectivity index (χ4v) is 1.79. The van der Waals surface area contributed by atoms with Crippen LogP contribution in [-0.2, 0) is 0 Å². The SMILES string of the molecule is CC1Oc2cc(F)c(Br)cc2C1N. The van der Waals surface area contributed by atoms with Crippen molar-refractivity contribution in [2.75, 3.05) is 0 Å². The Morgan fingerprint density at radius 3 is 2.92 bits per heavy atom. The summed E-state index contributed by atoms with van der Waals surface area (Å²) in [7, 11) is 0. The first-order valence-corrected chi connectivity index (χ1v) is 4.80. The molecule has 0 saturated heterocycles. The maximum Gasteiger partial charge on any atom is 0.141 e. The molecule has 0 saturated carbocycles. The summed E-state index contributed by atoms with van der Waals surface area (Å²) in [6.45, 7) is 1.87. The zero-order chi connectivity index (χ0) is 9.59. The Bertz CT molecular complexity index is 356. The highest BCUT2D eigenvalue weighted by atomic mass is 79.9. The number of fused-ring (bicyclic) bond motifs is 1. The lowest BCUT2D eigenvalue weighted by Gasteiger charge is -2.07. The van der Waals surface area contributed by atoms with E-state index in [9.17, 15) is 4.39 Å². The van der Waals surface area contributed by atoms with Crippen LogP contribution in [0.1, 0.15) is 18.5 Å². The van der Waals surface area contributed by atoms with Crippen molar-refractivity contribution in [1.29, 1.82) is 0 Å². The lowest BCUT2D eigenvalue weighted by Crippen LogP contribution is -2.21. The quantitative estimate of drug-likeness (QED) is 0.762. The smallest absolute Gasteiger partial charge is 0.141 e. The van der Waals surface area contributed by atoms with Gasteiger partial charge in [0, 0.05) is 11.6 Å². The van der Waals surface area contributed by atoms with Crippen LogP contribution >= 0.6 is 15.9 Å². The van der Waals surface area contributed by atoms with E-state index >= 15 is 0 Å². The molecule has 13 heavy (non-hydrogen) atoms. The number of hydrogen-bond donors (Lipinski definition) is 1. The van der Waals surface area contributed by atoms with Crippen LogP contribution in [0.2, 0.25) is 0 Å². The Morgan fingerprint density at radius 1 is 1.54 bits per heavy atom. The molecule has 0 radical (unpaired) electrons. The second-order valence-corrected chi connectivity index (χ2v) is 4.01. The molecule has 2 rings (SSSR count). The molecule has 2 atom stereocenters. The molecule has 1 aromatic rings. The summed E-state index contributed by atoms with van der Waals surface area (Å²) in [4.78, 5) is 0. The molecular formula is C9H9BrFNO. The molecule has 4 heteroatoms. The number of rotatable bonds is 0.